The van der Waals surface area contributed by atoms with Gasteiger partial charge >= 0.3 is 11.8 Å². The molecule has 3 rings (SSSR count). The Morgan fingerprint density at radius 3 is 2.42 bits per heavy atom. The SMILES string of the molecule is CC(C)(C)C1CC(CN2CCC(n3cc([N+](=O)[O-])c(C(F)F)n3)CC2)CCN1C(=O)O. The first-order valence-corrected chi connectivity index (χ1v) is 10.7. The molecule has 2 fully saturated rings. The molecule has 0 saturated carbocycles. The summed E-state index contributed by atoms with van der Waals surface area (Å²) in [4.78, 5) is 25.7. The molecule has 2 aliphatic heterocycles. The molecular formula is C20H31F2N5O4. The van der Waals surface area contributed by atoms with E-state index >= 15 is 0 Å². The van der Waals surface area contributed by atoms with Crippen LogP contribution in [0, 0.1) is 21.4 Å². The number of alkyl halides is 2. The Hall–Kier alpha value is -2.30. The summed E-state index contributed by atoms with van der Waals surface area (Å²) < 4.78 is 27.4. The number of carbonyl (C=O) groups is 1. The summed E-state index contributed by atoms with van der Waals surface area (Å²) in [6, 6.07) is -0.169. The highest BCUT2D eigenvalue weighted by Crippen LogP contribution is 2.36. The smallest absolute Gasteiger partial charge is 0.407 e. The number of nitrogens with zero attached hydrogens (tertiary/aromatic N) is 5. The Bertz CT molecular complexity index is 802. The van der Waals surface area contributed by atoms with Gasteiger partial charge in [-0.15, -0.1) is 0 Å². The van der Waals surface area contributed by atoms with E-state index in [-0.39, 0.29) is 17.5 Å². The van der Waals surface area contributed by atoms with Crippen LogP contribution < -0.4 is 0 Å². The number of carboxylic acid groups (broad SMARTS) is 1. The van der Waals surface area contributed by atoms with Crippen LogP contribution in [0.1, 0.15) is 64.6 Å². The van der Waals surface area contributed by atoms with Crippen LogP contribution in [-0.4, -0.2) is 67.9 Å². The molecule has 2 saturated heterocycles. The van der Waals surface area contributed by atoms with Crippen LogP contribution in [0.5, 0.6) is 0 Å². The van der Waals surface area contributed by atoms with E-state index in [9.17, 15) is 28.8 Å². The Morgan fingerprint density at radius 2 is 1.94 bits per heavy atom. The molecule has 0 aliphatic carbocycles. The van der Waals surface area contributed by atoms with E-state index < -0.39 is 28.8 Å². The fourth-order valence-electron chi connectivity index (χ4n) is 4.86. The van der Waals surface area contributed by atoms with Gasteiger partial charge in [0, 0.05) is 32.2 Å². The summed E-state index contributed by atoms with van der Waals surface area (Å²) in [6.45, 7) is 9.11. The average molecular weight is 443 g/mol. The molecule has 0 aromatic carbocycles. The zero-order valence-electron chi connectivity index (χ0n) is 18.2. The minimum atomic E-state index is -2.98. The molecule has 2 aliphatic rings. The first-order chi connectivity index (χ1) is 14.5. The maximum Gasteiger partial charge on any atom is 0.407 e. The quantitative estimate of drug-likeness (QED) is 0.541. The van der Waals surface area contributed by atoms with Crippen LogP contribution >= 0.6 is 0 Å². The van der Waals surface area contributed by atoms with Crippen molar-refractivity contribution in [3.8, 4) is 0 Å². The normalized spacial score (nSPS) is 24.0. The van der Waals surface area contributed by atoms with Crippen LogP contribution in [0.2, 0.25) is 0 Å². The molecule has 11 heteroatoms. The van der Waals surface area contributed by atoms with Crippen molar-refractivity contribution in [2.24, 2.45) is 11.3 Å². The number of rotatable bonds is 5. The largest absolute Gasteiger partial charge is 0.465 e. The van der Waals surface area contributed by atoms with E-state index in [1.165, 1.54) is 4.68 Å². The Morgan fingerprint density at radius 1 is 1.29 bits per heavy atom. The fraction of sp³-hybridized carbons (Fsp3) is 0.800. The number of aromatic nitrogens is 2. The van der Waals surface area contributed by atoms with Gasteiger partial charge < -0.3 is 14.9 Å². The third kappa shape index (κ3) is 5.31. The van der Waals surface area contributed by atoms with Crippen molar-refractivity contribution in [3.05, 3.63) is 22.0 Å². The summed E-state index contributed by atoms with van der Waals surface area (Å²) in [7, 11) is 0. The van der Waals surface area contributed by atoms with Crippen molar-refractivity contribution < 1.29 is 23.6 Å². The first kappa shape index (κ1) is 23.4. The van der Waals surface area contributed by atoms with Crippen LogP contribution in [-0.2, 0) is 0 Å². The van der Waals surface area contributed by atoms with Gasteiger partial charge in [-0.1, -0.05) is 20.8 Å². The van der Waals surface area contributed by atoms with Gasteiger partial charge in [0.05, 0.1) is 11.0 Å². The Kier molecular flexibility index (Phi) is 6.82. The maximum absolute atomic E-state index is 13.1. The van der Waals surface area contributed by atoms with Crippen LogP contribution in [0.15, 0.2) is 6.20 Å². The number of amides is 1. The molecule has 2 unspecified atom stereocenters. The summed E-state index contributed by atoms with van der Waals surface area (Å²) in [5, 5.41) is 24.4. The monoisotopic (exact) mass is 443 g/mol. The first-order valence-electron chi connectivity index (χ1n) is 10.7. The summed E-state index contributed by atoms with van der Waals surface area (Å²) >= 11 is 0. The van der Waals surface area contributed by atoms with Crippen LogP contribution in [0.4, 0.5) is 19.3 Å². The minimum Gasteiger partial charge on any atom is -0.465 e. The second-order valence-electron chi connectivity index (χ2n) is 9.72. The van der Waals surface area contributed by atoms with Crippen molar-refractivity contribution >= 4 is 11.8 Å². The number of hydrogen-bond acceptors (Lipinski definition) is 5. The molecule has 1 aromatic heterocycles. The van der Waals surface area contributed by atoms with Crippen LogP contribution in [0.25, 0.3) is 0 Å². The molecule has 0 bridgehead atoms. The van der Waals surface area contributed by atoms with Crippen molar-refractivity contribution in [1.82, 2.24) is 19.6 Å². The fourth-order valence-corrected chi connectivity index (χ4v) is 4.86. The van der Waals surface area contributed by atoms with E-state index in [1.807, 2.05) is 0 Å². The predicted molar refractivity (Wildman–Crippen MR) is 109 cm³/mol. The van der Waals surface area contributed by atoms with Crippen molar-refractivity contribution in [1.29, 1.82) is 0 Å². The highest BCUT2D eigenvalue weighted by Gasteiger charge is 2.39. The molecule has 2 atom stereocenters. The topological polar surface area (TPSA) is 105 Å². The lowest BCUT2D eigenvalue weighted by atomic mass is 9.77. The van der Waals surface area contributed by atoms with Crippen molar-refractivity contribution in [2.45, 2.75) is 65.0 Å². The van der Waals surface area contributed by atoms with Gasteiger partial charge in [0.2, 0.25) is 5.69 Å². The number of likely N-dealkylation sites (tertiary alicyclic amines) is 2. The van der Waals surface area contributed by atoms with E-state index in [2.05, 4.69) is 30.8 Å². The van der Waals surface area contributed by atoms with Gasteiger partial charge in [0.25, 0.3) is 6.43 Å². The average Bonchev–Trinajstić information content (AvgIpc) is 3.14. The molecule has 174 valence electrons. The second kappa shape index (κ2) is 9.05. The maximum atomic E-state index is 13.1. The third-order valence-electron chi connectivity index (χ3n) is 6.55. The number of nitro groups is 1. The third-order valence-corrected chi connectivity index (χ3v) is 6.55. The van der Waals surface area contributed by atoms with Gasteiger partial charge in [-0.2, -0.15) is 5.10 Å². The summed E-state index contributed by atoms with van der Waals surface area (Å²) in [5.41, 5.74) is -1.54. The van der Waals surface area contributed by atoms with Crippen LogP contribution in [0.3, 0.4) is 0 Å². The standard InChI is InChI=1S/C20H31F2N5O4/c1-20(2,3)16-10-13(4-9-25(16)19(28)29)11-24-7-5-14(6-8-24)26-12-15(27(30)31)17(23-26)18(21)22/h12-14,16,18H,4-11H2,1-3H3,(H,28,29). The van der Waals surface area contributed by atoms with Gasteiger partial charge in [0.15, 0.2) is 0 Å². The number of halogens is 2. The lowest BCUT2D eigenvalue weighted by Crippen LogP contribution is -2.53. The Balaban J connectivity index is 1.58. The molecule has 0 radical (unpaired) electrons. The molecule has 1 N–H and O–H groups in total. The van der Waals surface area contributed by atoms with E-state index in [0.29, 0.717) is 25.3 Å². The molecule has 31 heavy (non-hydrogen) atoms. The highest BCUT2D eigenvalue weighted by atomic mass is 19.3. The molecular weight excluding hydrogens is 412 g/mol. The summed E-state index contributed by atoms with van der Waals surface area (Å²) in [5.74, 6) is 0.396. The van der Waals surface area contributed by atoms with Gasteiger partial charge in [-0.3, -0.25) is 14.8 Å². The Labute approximate surface area is 180 Å². The van der Waals surface area contributed by atoms with Crippen molar-refractivity contribution in [3.63, 3.8) is 0 Å². The van der Waals surface area contributed by atoms with E-state index in [0.717, 1.165) is 38.7 Å². The minimum absolute atomic E-state index is 0.0290. The zero-order valence-corrected chi connectivity index (χ0v) is 18.2. The lowest BCUT2D eigenvalue weighted by molar-refractivity contribution is -0.386. The summed E-state index contributed by atoms with van der Waals surface area (Å²) in [6.07, 6.45) is 0.277. The molecule has 9 nitrogen and oxygen atoms in total. The lowest BCUT2D eigenvalue weighted by Gasteiger charge is -2.46. The van der Waals surface area contributed by atoms with E-state index in [1.54, 1.807) is 4.90 Å². The number of piperidine rings is 2. The second-order valence-corrected chi connectivity index (χ2v) is 9.72. The zero-order chi connectivity index (χ0) is 22.9. The number of hydrogen-bond donors (Lipinski definition) is 1. The predicted octanol–water partition coefficient (Wildman–Crippen LogP) is 4.17. The molecule has 1 amide bonds. The molecule has 1 aromatic rings. The van der Waals surface area contributed by atoms with Crippen molar-refractivity contribution in [2.75, 3.05) is 26.2 Å². The van der Waals surface area contributed by atoms with Gasteiger partial charge in [-0.25, -0.2) is 13.6 Å². The van der Waals surface area contributed by atoms with Gasteiger partial charge in [0.1, 0.15) is 6.20 Å². The van der Waals surface area contributed by atoms with E-state index in [4.69, 9.17) is 0 Å². The van der Waals surface area contributed by atoms with Gasteiger partial charge in [-0.05, 0) is 37.0 Å². The highest BCUT2D eigenvalue weighted by molar-refractivity contribution is 5.65. The molecule has 3 heterocycles. The molecule has 0 spiro atoms.